The molecular weight excluding hydrogens is 276 g/mol. The van der Waals surface area contributed by atoms with Gasteiger partial charge in [0.2, 0.25) is 0 Å². The van der Waals surface area contributed by atoms with E-state index in [1.807, 2.05) is 24.3 Å². The van der Waals surface area contributed by atoms with Crippen LogP contribution in [0.4, 0.5) is 5.69 Å². The van der Waals surface area contributed by atoms with E-state index in [9.17, 15) is 10.2 Å². The van der Waals surface area contributed by atoms with Crippen LogP contribution in [0.15, 0.2) is 30.5 Å². The molecule has 4 nitrogen and oxygen atoms in total. The Labute approximate surface area is 122 Å². The van der Waals surface area contributed by atoms with E-state index in [2.05, 4.69) is 9.88 Å². The van der Waals surface area contributed by atoms with Gasteiger partial charge in [-0.2, -0.15) is 0 Å². The van der Waals surface area contributed by atoms with E-state index in [1.165, 1.54) is 0 Å². The standard InChI is InChI=1S/C15H17ClN2O2/c16-11-2-3-13-12(8-11)14(4-6-17-13)18-7-1-5-15(20,9-18)10-19/h2-4,6,8,19-20H,1,5,7,9-10H2/t15-/m0/s1. The number of hydrogen-bond donors (Lipinski definition) is 2. The molecule has 2 heterocycles. The molecule has 3 rings (SSSR count). The van der Waals surface area contributed by atoms with E-state index in [4.69, 9.17) is 11.6 Å². The van der Waals surface area contributed by atoms with Crippen LogP contribution < -0.4 is 4.90 Å². The summed E-state index contributed by atoms with van der Waals surface area (Å²) in [4.78, 5) is 6.43. The SMILES string of the molecule is OC[C@]1(O)CCCN(c2ccnc3ccc(Cl)cc23)C1. The summed E-state index contributed by atoms with van der Waals surface area (Å²) in [6.45, 7) is 1.07. The number of pyridine rings is 1. The third-order valence-electron chi connectivity index (χ3n) is 3.87. The van der Waals surface area contributed by atoms with E-state index < -0.39 is 5.60 Å². The lowest BCUT2D eigenvalue weighted by Crippen LogP contribution is -2.50. The van der Waals surface area contributed by atoms with Crippen molar-refractivity contribution in [3.63, 3.8) is 0 Å². The number of hydrogen-bond acceptors (Lipinski definition) is 4. The largest absolute Gasteiger partial charge is 0.393 e. The second-order valence-corrected chi connectivity index (χ2v) is 5.84. The number of aliphatic hydroxyl groups is 2. The molecular formula is C15H17ClN2O2. The van der Waals surface area contributed by atoms with Crippen molar-refractivity contribution in [2.45, 2.75) is 18.4 Å². The molecule has 1 saturated heterocycles. The normalized spacial score (nSPS) is 23.2. The first-order valence-electron chi connectivity index (χ1n) is 6.74. The number of anilines is 1. The number of aliphatic hydroxyl groups excluding tert-OH is 1. The molecule has 0 bridgehead atoms. The highest BCUT2D eigenvalue weighted by molar-refractivity contribution is 6.31. The molecule has 20 heavy (non-hydrogen) atoms. The number of β-amino-alcohol motifs (C(OH)–C–C–N with tert-alkyl or cyclic N) is 1. The van der Waals surface area contributed by atoms with Crippen LogP contribution in [0.1, 0.15) is 12.8 Å². The zero-order chi connectivity index (χ0) is 14.2. The maximum Gasteiger partial charge on any atom is 0.105 e. The third-order valence-corrected chi connectivity index (χ3v) is 4.11. The van der Waals surface area contributed by atoms with Crippen LogP contribution in [0, 0.1) is 0 Å². The van der Waals surface area contributed by atoms with Gasteiger partial charge in [-0.15, -0.1) is 0 Å². The lowest BCUT2D eigenvalue weighted by molar-refractivity contribution is -0.0240. The van der Waals surface area contributed by atoms with Gasteiger partial charge in [0.15, 0.2) is 0 Å². The molecule has 106 valence electrons. The minimum Gasteiger partial charge on any atom is -0.393 e. The minimum atomic E-state index is -1.02. The van der Waals surface area contributed by atoms with Crippen molar-refractivity contribution in [1.29, 1.82) is 0 Å². The maximum absolute atomic E-state index is 10.3. The van der Waals surface area contributed by atoms with Gasteiger partial charge in [0.05, 0.1) is 12.1 Å². The van der Waals surface area contributed by atoms with E-state index in [-0.39, 0.29) is 6.61 Å². The molecule has 0 unspecified atom stereocenters. The zero-order valence-electron chi connectivity index (χ0n) is 11.1. The van der Waals surface area contributed by atoms with Crippen molar-refractivity contribution in [1.82, 2.24) is 4.98 Å². The Morgan fingerprint density at radius 3 is 3.00 bits per heavy atom. The van der Waals surface area contributed by atoms with Gasteiger partial charge >= 0.3 is 0 Å². The monoisotopic (exact) mass is 292 g/mol. The Kier molecular flexibility index (Phi) is 3.54. The third kappa shape index (κ3) is 2.46. The molecule has 1 aromatic heterocycles. The summed E-state index contributed by atoms with van der Waals surface area (Å²) in [5.41, 5.74) is 0.862. The summed E-state index contributed by atoms with van der Waals surface area (Å²) in [5, 5.41) is 21.3. The van der Waals surface area contributed by atoms with Gasteiger partial charge < -0.3 is 15.1 Å². The van der Waals surface area contributed by atoms with Gasteiger partial charge in [-0.25, -0.2) is 0 Å². The molecule has 0 saturated carbocycles. The highest BCUT2D eigenvalue weighted by Crippen LogP contribution is 2.32. The molecule has 1 aliphatic heterocycles. The van der Waals surface area contributed by atoms with Gasteiger partial charge in [0.1, 0.15) is 5.60 Å². The van der Waals surface area contributed by atoms with Crippen LogP contribution in [0.2, 0.25) is 5.02 Å². The smallest absolute Gasteiger partial charge is 0.105 e. The Bertz CT molecular complexity index is 634. The Morgan fingerprint density at radius 1 is 1.35 bits per heavy atom. The van der Waals surface area contributed by atoms with Crippen molar-refractivity contribution >= 4 is 28.2 Å². The molecule has 1 fully saturated rings. The average Bonchev–Trinajstić information content (AvgIpc) is 2.46. The minimum absolute atomic E-state index is 0.215. The van der Waals surface area contributed by atoms with Crippen LogP contribution in [-0.2, 0) is 0 Å². The van der Waals surface area contributed by atoms with E-state index in [0.29, 0.717) is 18.0 Å². The molecule has 0 spiro atoms. The number of nitrogens with zero attached hydrogens (tertiary/aromatic N) is 2. The van der Waals surface area contributed by atoms with Crippen LogP contribution in [0.5, 0.6) is 0 Å². The Morgan fingerprint density at radius 2 is 2.20 bits per heavy atom. The molecule has 2 aromatic rings. The van der Waals surface area contributed by atoms with Crippen molar-refractivity contribution in [2.24, 2.45) is 0 Å². The van der Waals surface area contributed by atoms with Crippen LogP contribution in [-0.4, -0.2) is 40.5 Å². The fraction of sp³-hybridized carbons (Fsp3) is 0.400. The fourth-order valence-corrected chi connectivity index (χ4v) is 3.00. The van der Waals surface area contributed by atoms with Gasteiger partial charge in [0, 0.05) is 35.4 Å². The first kappa shape index (κ1) is 13.6. The quantitative estimate of drug-likeness (QED) is 0.891. The van der Waals surface area contributed by atoms with E-state index in [0.717, 1.165) is 29.6 Å². The summed E-state index contributed by atoms with van der Waals surface area (Å²) in [6, 6.07) is 7.54. The predicted molar refractivity (Wildman–Crippen MR) is 80.2 cm³/mol. The molecule has 0 aliphatic carbocycles. The highest BCUT2D eigenvalue weighted by Gasteiger charge is 2.33. The van der Waals surface area contributed by atoms with E-state index >= 15 is 0 Å². The Hall–Kier alpha value is -1.36. The molecule has 2 N–H and O–H groups in total. The number of benzene rings is 1. The van der Waals surface area contributed by atoms with Crippen molar-refractivity contribution in [3.8, 4) is 0 Å². The molecule has 5 heteroatoms. The zero-order valence-corrected chi connectivity index (χ0v) is 11.8. The summed E-state index contributed by atoms with van der Waals surface area (Å²) in [5.74, 6) is 0. The van der Waals surface area contributed by atoms with Crippen LogP contribution in [0.25, 0.3) is 10.9 Å². The van der Waals surface area contributed by atoms with E-state index in [1.54, 1.807) is 6.20 Å². The Balaban J connectivity index is 2.03. The maximum atomic E-state index is 10.3. The first-order valence-corrected chi connectivity index (χ1v) is 7.12. The molecule has 1 aromatic carbocycles. The lowest BCUT2D eigenvalue weighted by Gasteiger charge is -2.39. The second kappa shape index (κ2) is 5.20. The van der Waals surface area contributed by atoms with Gasteiger partial charge in [0.25, 0.3) is 0 Å². The van der Waals surface area contributed by atoms with Gasteiger partial charge in [-0.1, -0.05) is 11.6 Å². The number of fused-ring (bicyclic) bond motifs is 1. The molecule has 0 radical (unpaired) electrons. The van der Waals surface area contributed by atoms with Crippen LogP contribution in [0.3, 0.4) is 0 Å². The van der Waals surface area contributed by atoms with Crippen molar-refractivity contribution < 1.29 is 10.2 Å². The summed E-state index contributed by atoms with van der Waals surface area (Å²) in [7, 11) is 0. The topological polar surface area (TPSA) is 56.6 Å². The predicted octanol–water partition coefficient (Wildman–Crippen LogP) is 2.21. The average molecular weight is 293 g/mol. The van der Waals surface area contributed by atoms with Crippen LogP contribution >= 0.6 is 11.6 Å². The molecule has 1 aliphatic rings. The molecule has 0 amide bonds. The summed E-state index contributed by atoms with van der Waals surface area (Å²) >= 11 is 6.08. The highest BCUT2D eigenvalue weighted by atomic mass is 35.5. The number of aromatic nitrogens is 1. The summed E-state index contributed by atoms with van der Waals surface area (Å²) in [6.07, 6.45) is 3.24. The number of piperidine rings is 1. The second-order valence-electron chi connectivity index (χ2n) is 5.40. The van der Waals surface area contributed by atoms with Crippen molar-refractivity contribution in [3.05, 3.63) is 35.5 Å². The van der Waals surface area contributed by atoms with Crippen molar-refractivity contribution in [2.75, 3.05) is 24.6 Å². The number of halogens is 1. The van der Waals surface area contributed by atoms with Gasteiger partial charge in [-0.05, 0) is 37.1 Å². The first-order chi connectivity index (χ1) is 9.61. The lowest BCUT2D eigenvalue weighted by atomic mass is 9.93. The fourth-order valence-electron chi connectivity index (χ4n) is 2.83. The molecule has 1 atom stereocenters. The number of rotatable bonds is 2. The summed E-state index contributed by atoms with van der Waals surface area (Å²) < 4.78 is 0. The van der Waals surface area contributed by atoms with Gasteiger partial charge in [-0.3, -0.25) is 4.98 Å².